The number of aromatic nitrogens is 1. The lowest BCUT2D eigenvalue weighted by Gasteiger charge is -2.39. The molecule has 22 heavy (non-hydrogen) atoms. The molecular formula is C15H26N4O2S. The predicted octanol–water partition coefficient (Wildman–Crippen LogP) is 1.17. The van der Waals surface area contributed by atoms with Crippen LogP contribution < -0.4 is 0 Å². The number of likely N-dealkylation sites (N-methyl/N-ethyl adjacent to an activating group) is 1. The summed E-state index contributed by atoms with van der Waals surface area (Å²) in [6.07, 6.45) is 5.54. The second-order valence-electron chi connectivity index (χ2n) is 5.86. The summed E-state index contributed by atoms with van der Waals surface area (Å²) in [7, 11) is -0.136. The highest BCUT2D eigenvalue weighted by atomic mass is 32.2. The van der Waals surface area contributed by atoms with Gasteiger partial charge in [-0.2, -0.15) is 17.0 Å². The Balaban J connectivity index is 2.07. The SMILES string of the molecule is CCN(Cc1ccncc1)C1CCCN(S(=O)(=O)N(C)C)C1. The highest BCUT2D eigenvalue weighted by molar-refractivity contribution is 7.86. The van der Waals surface area contributed by atoms with Gasteiger partial charge in [-0.05, 0) is 37.1 Å². The Hall–Kier alpha value is -1.02. The zero-order chi connectivity index (χ0) is 16.2. The number of rotatable bonds is 6. The molecule has 1 unspecified atom stereocenters. The van der Waals surface area contributed by atoms with Crippen molar-refractivity contribution < 1.29 is 8.42 Å². The van der Waals surface area contributed by atoms with Gasteiger partial charge in [-0.3, -0.25) is 9.88 Å². The smallest absolute Gasteiger partial charge is 0.281 e. The minimum Gasteiger partial charge on any atom is -0.295 e. The molecule has 1 aliphatic rings. The molecule has 6 nitrogen and oxygen atoms in total. The quantitative estimate of drug-likeness (QED) is 0.787. The highest BCUT2D eigenvalue weighted by Gasteiger charge is 2.32. The van der Waals surface area contributed by atoms with Crippen molar-refractivity contribution in [1.82, 2.24) is 18.5 Å². The van der Waals surface area contributed by atoms with Gasteiger partial charge in [-0.1, -0.05) is 6.92 Å². The van der Waals surface area contributed by atoms with Crippen molar-refractivity contribution in [2.45, 2.75) is 32.4 Å². The number of hydrogen-bond acceptors (Lipinski definition) is 4. The van der Waals surface area contributed by atoms with Gasteiger partial charge in [0.25, 0.3) is 10.2 Å². The Morgan fingerprint density at radius 2 is 2.00 bits per heavy atom. The maximum Gasteiger partial charge on any atom is 0.281 e. The molecule has 0 aliphatic carbocycles. The first-order valence-corrected chi connectivity index (χ1v) is 9.15. The van der Waals surface area contributed by atoms with Crippen LogP contribution in [0.2, 0.25) is 0 Å². The van der Waals surface area contributed by atoms with Crippen molar-refractivity contribution in [3.8, 4) is 0 Å². The van der Waals surface area contributed by atoms with E-state index in [1.165, 1.54) is 9.87 Å². The fourth-order valence-corrected chi connectivity index (χ4v) is 4.06. The molecule has 2 heterocycles. The summed E-state index contributed by atoms with van der Waals surface area (Å²) in [5.41, 5.74) is 1.21. The summed E-state index contributed by atoms with van der Waals surface area (Å²) >= 11 is 0. The van der Waals surface area contributed by atoms with E-state index in [1.54, 1.807) is 30.8 Å². The molecular weight excluding hydrogens is 300 g/mol. The van der Waals surface area contributed by atoms with Crippen molar-refractivity contribution in [1.29, 1.82) is 0 Å². The Morgan fingerprint density at radius 1 is 1.32 bits per heavy atom. The number of nitrogens with zero attached hydrogens (tertiary/aromatic N) is 4. The summed E-state index contributed by atoms with van der Waals surface area (Å²) in [5.74, 6) is 0. The van der Waals surface area contributed by atoms with Gasteiger partial charge in [0.2, 0.25) is 0 Å². The number of pyridine rings is 1. The Bertz CT molecular complexity index is 562. The fraction of sp³-hybridized carbons (Fsp3) is 0.667. The summed E-state index contributed by atoms with van der Waals surface area (Å²) in [4.78, 5) is 6.40. The molecule has 1 aromatic rings. The second kappa shape index (κ2) is 7.50. The van der Waals surface area contributed by atoms with E-state index in [0.29, 0.717) is 13.1 Å². The molecule has 0 bridgehead atoms. The zero-order valence-electron chi connectivity index (χ0n) is 13.6. The average molecular weight is 326 g/mol. The largest absolute Gasteiger partial charge is 0.295 e. The van der Waals surface area contributed by atoms with Crippen molar-refractivity contribution in [3.63, 3.8) is 0 Å². The summed E-state index contributed by atoms with van der Waals surface area (Å²) < 4.78 is 27.6. The summed E-state index contributed by atoms with van der Waals surface area (Å²) in [6, 6.07) is 4.29. The van der Waals surface area contributed by atoms with Crippen LogP contribution in [0.15, 0.2) is 24.5 Å². The molecule has 1 aliphatic heterocycles. The maximum atomic E-state index is 12.3. The molecule has 124 valence electrons. The zero-order valence-corrected chi connectivity index (χ0v) is 14.5. The first-order chi connectivity index (χ1) is 10.4. The minimum atomic E-state index is -3.32. The van der Waals surface area contributed by atoms with Crippen LogP contribution in [0.1, 0.15) is 25.3 Å². The molecule has 0 saturated carbocycles. The molecule has 0 aromatic carbocycles. The van der Waals surface area contributed by atoms with Crippen LogP contribution in [0.4, 0.5) is 0 Å². The molecule has 2 rings (SSSR count). The fourth-order valence-electron chi connectivity index (χ4n) is 2.88. The van der Waals surface area contributed by atoms with E-state index in [9.17, 15) is 8.42 Å². The van der Waals surface area contributed by atoms with Crippen LogP contribution in [0, 0.1) is 0 Å². The van der Waals surface area contributed by atoms with Crippen molar-refractivity contribution in [2.24, 2.45) is 0 Å². The van der Waals surface area contributed by atoms with Gasteiger partial charge >= 0.3 is 0 Å². The molecule has 1 atom stereocenters. The first kappa shape index (κ1) is 17.3. The predicted molar refractivity (Wildman–Crippen MR) is 87.5 cm³/mol. The monoisotopic (exact) mass is 326 g/mol. The Morgan fingerprint density at radius 3 is 2.59 bits per heavy atom. The van der Waals surface area contributed by atoms with Gasteiger partial charge in [-0.25, -0.2) is 0 Å². The first-order valence-electron chi connectivity index (χ1n) is 7.75. The minimum absolute atomic E-state index is 0.265. The Kier molecular flexibility index (Phi) is 5.91. The van der Waals surface area contributed by atoms with Gasteiger partial charge in [-0.15, -0.1) is 0 Å². The van der Waals surface area contributed by atoms with Gasteiger partial charge in [0.1, 0.15) is 0 Å². The normalized spacial score (nSPS) is 20.7. The third-order valence-electron chi connectivity index (χ3n) is 4.20. The molecule has 1 aromatic heterocycles. The van der Waals surface area contributed by atoms with Gasteiger partial charge in [0.15, 0.2) is 0 Å². The third kappa shape index (κ3) is 4.04. The van der Waals surface area contributed by atoms with E-state index in [2.05, 4.69) is 16.8 Å². The summed E-state index contributed by atoms with van der Waals surface area (Å²) in [5, 5.41) is 0. The molecule has 0 N–H and O–H groups in total. The Labute approximate surface area is 133 Å². The van der Waals surface area contributed by atoms with Crippen LogP contribution in [-0.4, -0.2) is 66.7 Å². The van der Waals surface area contributed by atoms with Crippen LogP contribution in [-0.2, 0) is 16.8 Å². The van der Waals surface area contributed by atoms with Crippen LogP contribution in [0.3, 0.4) is 0 Å². The van der Waals surface area contributed by atoms with E-state index in [-0.39, 0.29) is 6.04 Å². The van der Waals surface area contributed by atoms with Crippen LogP contribution >= 0.6 is 0 Å². The maximum absolute atomic E-state index is 12.3. The van der Waals surface area contributed by atoms with Crippen molar-refractivity contribution >= 4 is 10.2 Å². The van der Waals surface area contributed by atoms with E-state index in [4.69, 9.17) is 0 Å². The standard InChI is InChI=1S/C15H26N4O2S/c1-4-18(12-14-7-9-16-10-8-14)15-6-5-11-19(13-15)22(20,21)17(2)3/h7-10,15H,4-6,11-13H2,1-3H3. The molecule has 7 heteroatoms. The van der Waals surface area contributed by atoms with Crippen molar-refractivity contribution in [3.05, 3.63) is 30.1 Å². The molecule has 1 fully saturated rings. The molecule has 0 amide bonds. The number of piperidine rings is 1. The lowest BCUT2D eigenvalue weighted by molar-refractivity contribution is 0.131. The molecule has 0 radical (unpaired) electrons. The van der Waals surface area contributed by atoms with Gasteiger partial charge in [0.05, 0.1) is 0 Å². The third-order valence-corrected chi connectivity index (χ3v) is 6.11. The van der Waals surface area contributed by atoms with Gasteiger partial charge in [0, 0.05) is 52.2 Å². The topological polar surface area (TPSA) is 56.8 Å². The van der Waals surface area contributed by atoms with E-state index >= 15 is 0 Å². The van der Waals surface area contributed by atoms with E-state index in [1.807, 2.05) is 12.1 Å². The van der Waals surface area contributed by atoms with Gasteiger partial charge < -0.3 is 0 Å². The van der Waals surface area contributed by atoms with Crippen LogP contribution in [0.25, 0.3) is 0 Å². The lowest BCUT2D eigenvalue weighted by atomic mass is 10.1. The van der Waals surface area contributed by atoms with E-state index < -0.39 is 10.2 Å². The molecule has 0 spiro atoms. The highest BCUT2D eigenvalue weighted by Crippen LogP contribution is 2.21. The average Bonchev–Trinajstić information content (AvgIpc) is 2.53. The van der Waals surface area contributed by atoms with Crippen molar-refractivity contribution in [2.75, 3.05) is 33.7 Å². The second-order valence-corrected chi connectivity index (χ2v) is 8.01. The number of hydrogen-bond donors (Lipinski definition) is 0. The lowest BCUT2D eigenvalue weighted by Crippen LogP contribution is -2.52. The summed E-state index contributed by atoms with van der Waals surface area (Å²) in [6.45, 7) is 5.05. The van der Waals surface area contributed by atoms with E-state index in [0.717, 1.165) is 25.9 Å². The molecule has 1 saturated heterocycles. The van der Waals surface area contributed by atoms with Crippen LogP contribution in [0.5, 0.6) is 0 Å².